The Morgan fingerprint density at radius 3 is 2.79 bits per heavy atom. The summed E-state index contributed by atoms with van der Waals surface area (Å²) >= 11 is 0. The van der Waals surface area contributed by atoms with Crippen molar-refractivity contribution in [3.63, 3.8) is 0 Å². The molecule has 0 amide bonds. The standard InChI is InChI=1S/C16H23N3/c1-4-7-16-14(11-19(3)18-16)12-8-6-9-13(10-12)15(17)5-2/h6,8-11,15H,4-5,7,17H2,1-3H3. The second-order valence-corrected chi connectivity index (χ2v) is 5.05. The Kier molecular flexibility index (Phi) is 4.38. The van der Waals surface area contributed by atoms with Crippen molar-refractivity contribution in [1.82, 2.24) is 9.78 Å². The zero-order valence-electron chi connectivity index (χ0n) is 12.1. The fourth-order valence-corrected chi connectivity index (χ4v) is 2.37. The third-order valence-electron chi connectivity index (χ3n) is 3.46. The van der Waals surface area contributed by atoms with Crippen molar-refractivity contribution < 1.29 is 0 Å². The molecule has 2 rings (SSSR count). The Bertz CT molecular complexity index is 543. The van der Waals surface area contributed by atoms with E-state index >= 15 is 0 Å². The van der Waals surface area contributed by atoms with Gasteiger partial charge in [-0.05, 0) is 30.0 Å². The first-order valence-electron chi connectivity index (χ1n) is 7.04. The summed E-state index contributed by atoms with van der Waals surface area (Å²) in [5, 5.41) is 4.56. The molecule has 1 atom stereocenters. The van der Waals surface area contributed by atoms with Crippen LogP contribution in [0.25, 0.3) is 11.1 Å². The molecule has 2 aromatic rings. The first kappa shape index (κ1) is 13.8. The number of rotatable bonds is 5. The predicted molar refractivity (Wildman–Crippen MR) is 79.9 cm³/mol. The molecule has 0 fully saturated rings. The summed E-state index contributed by atoms with van der Waals surface area (Å²) in [4.78, 5) is 0. The highest BCUT2D eigenvalue weighted by atomic mass is 15.2. The Labute approximate surface area is 115 Å². The van der Waals surface area contributed by atoms with Crippen molar-refractivity contribution in [1.29, 1.82) is 0 Å². The van der Waals surface area contributed by atoms with Crippen LogP contribution in [0.5, 0.6) is 0 Å². The minimum Gasteiger partial charge on any atom is -0.324 e. The van der Waals surface area contributed by atoms with Gasteiger partial charge in [0.2, 0.25) is 0 Å². The van der Waals surface area contributed by atoms with E-state index < -0.39 is 0 Å². The molecule has 0 saturated heterocycles. The highest BCUT2D eigenvalue weighted by molar-refractivity contribution is 5.66. The molecular formula is C16H23N3. The van der Waals surface area contributed by atoms with Crippen LogP contribution in [0.2, 0.25) is 0 Å². The average Bonchev–Trinajstić information content (AvgIpc) is 2.79. The molecule has 0 spiro atoms. The number of aryl methyl sites for hydroxylation is 2. The van der Waals surface area contributed by atoms with Gasteiger partial charge in [0.15, 0.2) is 0 Å². The summed E-state index contributed by atoms with van der Waals surface area (Å²) in [5.74, 6) is 0. The van der Waals surface area contributed by atoms with E-state index in [1.165, 1.54) is 22.4 Å². The summed E-state index contributed by atoms with van der Waals surface area (Å²) in [6, 6.07) is 8.65. The molecule has 1 unspecified atom stereocenters. The van der Waals surface area contributed by atoms with Crippen LogP contribution in [0, 0.1) is 0 Å². The van der Waals surface area contributed by atoms with Crippen LogP contribution in [0.1, 0.15) is 44.0 Å². The Balaban J connectivity index is 2.41. The molecular weight excluding hydrogens is 234 g/mol. The van der Waals surface area contributed by atoms with E-state index in [0.29, 0.717) is 0 Å². The van der Waals surface area contributed by atoms with Crippen LogP contribution < -0.4 is 5.73 Å². The first-order chi connectivity index (χ1) is 9.15. The van der Waals surface area contributed by atoms with Gasteiger partial charge in [0, 0.05) is 24.8 Å². The summed E-state index contributed by atoms with van der Waals surface area (Å²) in [6.07, 6.45) is 5.18. The van der Waals surface area contributed by atoms with E-state index in [0.717, 1.165) is 19.3 Å². The average molecular weight is 257 g/mol. The fraction of sp³-hybridized carbons (Fsp3) is 0.438. The number of aromatic nitrogens is 2. The Morgan fingerprint density at radius 2 is 2.11 bits per heavy atom. The van der Waals surface area contributed by atoms with Gasteiger partial charge >= 0.3 is 0 Å². The number of benzene rings is 1. The molecule has 1 heterocycles. The van der Waals surface area contributed by atoms with Crippen LogP contribution in [-0.2, 0) is 13.5 Å². The molecule has 3 nitrogen and oxygen atoms in total. The molecule has 0 aliphatic heterocycles. The predicted octanol–water partition coefficient (Wildman–Crippen LogP) is 3.45. The topological polar surface area (TPSA) is 43.8 Å². The molecule has 0 aliphatic rings. The lowest BCUT2D eigenvalue weighted by Gasteiger charge is -2.11. The number of hydrogen-bond acceptors (Lipinski definition) is 2. The number of hydrogen-bond donors (Lipinski definition) is 1. The van der Waals surface area contributed by atoms with E-state index in [9.17, 15) is 0 Å². The summed E-state index contributed by atoms with van der Waals surface area (Å²) in [6.45, 7) is 4.30. The lowest BCUT2D eigenvalue weighted by molar-refractivity contribution is 0.699. The lowest BCUT2D eigenvalue weighted by Crippen LogP contribution is -2.08. The smallest absolute Gasteiger partial charge is 0.0702 e. The number of nitrogens with two attached hydrogens (primary N) is 1. The van der Waals surface area contributed by atoms with E-state index in [1.807, 2.05) is 11.7 Å². The van der Waals surface area contributed by atoms with Gasteiger partial charge in [0.1, 0.15) is 0 Å². The summed E-state index contributed by atoms with van der Waals surface area (Å²) in [7, 11) is 1.98. The molecule has 2 N–H and O–H groups in total. The van der Waals surface area contributed by atoms with Crippen molar-refractivity contribution in [2.75, 3.05) is 0 Å². The van der Waals surface area contributed by atoms with Crippen molar-refractivity contribution in [2.24, 2.45) is 12.8 Å². The van der Waals surface area contributed by atoms with Gasteiger partial charge in [-0.3, -0.25) is 4.68 Å². The summed E-state index contributed by atoms with van der Waals surface area (Å²) < 4.78 is 1.90. The third-order valence-corrected chi connectivity index (χ3v) is 3.46. The largest absolute Gasteiger partial charge is 0.324 e. The molecule has 0 aliphatic carbocycles. The molecule has 1 aromatic heterocycles. The van der Waals surface area contributed by atoms with Crippen LogP contribution in [0.3, 0.4) is 0 Å². The molecule has 3 heteroatoms. The Hall–Kier alpha value is -1.61. The van der Waals surface area contributed by atoms with Gasteiger partial charge in [-0.1, -0.05) is 38.5 Å². The van der Waals surface area contributed by atoms with Crippen molar-refractivity contribution in [3.05, 3.63) is 41.7 Å². The number of nitrogens with zero attached hydrogens (tertiary/aromatic N) is 2. The van der Waals surface area contributed by atoms with E-state index in [1.54, 1.807) is 0 Å². The monoisotopic (exact) mass is 257 g/mol. The molecule has 0 bridgehead atoms. The molecule has 19 heavy (non-hydrogen) atoms. The minimum atomic E-state index is 0.117. The molecule has 0 radical (unpaired) electrons. The third kappa shape index (κ3) is 3.04. The maximum Gasteiger partial charge on any atom is 0.0702 e. The van der Waals surface area contributed by atoms with Gasteiger partial charge in [-0.25, -0.2) is 0 Å². The van der Waals surface area contributed by atoms with Crippen molar-refractivity contribution >= 4 is 0 Å². The van der Waals surface area contributed by atoms with Gasteiger partial charge in [0.25, 0.3) is 0 Å². The van der Waals surface area contributed by atoms with Crippen molar-refractivity contribution in [2.45, 2.75) is 39.2 Å². The second kappa shape index (κ2) is 6.02. The molecule has 1 aromatic carbocycles. The Morgan fingerprint density at radius 1 is 1.32 bits per heavy atom. The normalized spacial score (nSPS) is 12.6. The zero-order chi connectivity index (χ0) is 13.8. The zero-order valence-corrected chi connectivity index (χ0v) is 12.1. The van der Waals surface area contributed by atoms with Crippen LogP contribution >= 0.6 is 0 Å². The van der Waals surface area contributed by atoms with Gasteiger partial charge < -0.3 is 5.73 Å². The minimum absolute atomic E-state index is 0.117. The maximum atomic E-state index is 6.12. The van der Waals surface area contributed by atoms with Gasteiger partial charge in [-0.15, -0.1) is 0 Å². The fourth-order valence-electron chi connectivity index (χ4n) is 2.37. The summed E-state index contributed by atoms with van der Waals surface area (Å²) in [5.41, 5.74) is 10.9. The highest BCUT2D eigenvalue weighted by Gasteiger charge is 2.11. The molecule has 0 saturated carbocycles. The van der Waals surface area contributed by atoms with Crippen molar-refractivity contribution in [3.8, 4) is 11.1 Å². The second-order valence-electron chi connectivity index (χ2n) is 5.05. The highest BCUT2D eigenvalue weighted by Crippen LogP contribution is 2.26. The molecule has 102 valence electrons. The quantitative estimate of drug-likeness (QED) is 0.891. The van der Waals surface area contributed by atoms with E-state index in [-0.39, 0.29) is 6.04 Å². The lowest BCUT2D eigenvalue weighted by atomic mass is 9.98. The van der Waals surface area contributed by atoms with Gasteiger partial charge in [-0.2, -0.15) is 5.10 Å². The van der Waals surface area contributed by atoms with Crippen LogP contribution in [-0.4, -0.2) is 9.78 Å². The van der Waals surface area contributed by atoms with Gasteiger partial charge in [0.05, 0.1) is 5.69 Å². The first-order valence-corrected chi connectivity index (χ1v) is 7.04. The SMILES string of the molecule is CCCc1nn(C)cc1-c1cccc(C(N)CC)c1. The van der Waals surface area contributed by atoms with E-state index in [4.69, 9.17) is 5.73 Å². The maximum absolute atomic E-state index is 6.12. The van der Waals surface area contributed by atoms with Crippen LogP contribution in [0.4, 0.5) is 0 Å². The van der Waals surface area contributed by atoms with E-state index in [2.05, 4.69) is 49.4 Å². The van der Waals surface area contributed by atoms with Crippen LogP contribution in [0.15, 0.2) is 30.5 Å².